The van der Waals surface area contributed by atoms with Gasteiger partial charge in [0.1, 0.15) is 17.1 Å². The first-order valence-corrected chi connectivity index (χ1v) is 8.83. The van der Waals surface area contributed by atoms with E-state index in [0.717, 1.165) is 18.1 Å². The minimum Gasteiger partial charge on any atom is -0.508 e. The summed E-state index contributed by atoms with van der Waals surface area (Å²) in [6.45, 7) is 5.71. The summed E-state index contributed by atoms with van der Waals surface area (Å²) in [4.78, 5) is 23.9. The van der Waals surface area contributed by atoms with E-state index >= 15 is 0 Å². The van der Waals surface area contributed by atoms with Crippen LogP contribution in [0.15, 0.2) is 42.5 Å². The minimum absolute atomic E-state index is 0.116. The van der Waals surface area contributed by atoms with Gasteiger partial charge in [-0.3, -0.25) is 4.79 Å². The fraction of sp³-hybridized carbons (Fsp3) is 0.333. The van der Waals surface area contributed by atoms with Crippen LogP contribution >= 0.6 is 0 Å². The summed E-state index contributed by atoms with van der Waals surface area (Å²) in [5, 5.41) is 21.6. The normalized spacial score (nSPS) is 11.9. The standard InChI is InChI=1S/C21H25NO5/c1-13(2)10-15-4-6-16(7-5-15)14(3)22-20(25)12-27-21(26)18-9-8-17(23)11-19(18)24/h4-9,11,13-14,23-24H,10,12H2,1-3H3,(H,22,25)/t14-/m0/s1. The van der Waals surface area contributed by atoms with Crippen molar-refractivity contribution < 1.29 is 24.5 Å². The topological polar surface area (TPSA) is 95.9 Å². The first-order chi connectivity index (χ1) is 12.8. The number of nitrogens with one attached hydrogen (secondary N) is 1. The van der Waals surface area contributed by atoms with Crippen molar-refractivity contribution in [2.75, 3.05) is 6.61 Å². The lowest BCUT2D eigenvalue weighted by atomic mass is 10.00. The molecule has 3 N–H and O–H groups in total. The van der Waals surface area contributed by atoms with E-state index in [0.29, 0.717) is 5.92 Å². The summed E-state index contributed by atoms with van der Waals surface area (Å²) in [5.74, 6) is -1.28. The highest BCUT2D eigenvalue weighted by Crippen LogP contribution is 2.23. The number of phenols is 2. The predicted molar refractivity (Wildman–Crippen MR) is 102 cm³/mol. The van der Waals surface area contributed by atoms with E-state index in [4.69, 9.17) is 4.74 Å². The molecule has 0 radical (unpaired) electrons. The van der Waals surface area contributed by atoms with Gasteiger partial charge in [-0.05, 0) is 42.5 Å². The van der Waals surface area contributed by atoms with Gasteiger partial charge in [0.25, 0.3) is 5.91 Å². The molecule has 6 nitrogen and oxygen atoms in total. The molecule has 0 heterocycles. The van der Waals surface area contributed by atoms with Crippen molar-refractivity contribution in [3.05, 3.63) is 59.2 Å². The lowest BCUT2D eigenvalue weighted by molar-refractivity contribution is -0.124. The molecule has 6 heteroatoms. The Bertz CT molecular complexity index is 799. The van der Waals surface area contributed by atoms with Gasteiger partial charge in [-0.25, -0.2) is 4.79 Å². The molecule has 0 aromatic heterocycles. The third-order valence-electron chi connectivity index (χ3n) is 4.04. The summed E-state index contributed by atoms with van der Waals surface area (Å²) in [5.41, 5.74) is 2.09. The zero-order valence-electron chi connectivity index (χ0n) is 15.7. The molecule has 0 unspecified atom stereocenters. The fourth-order valence-corrected chi connectivity index (χ4v) is 2.68. The average molecular weight is 371 g/mol. The fourth-order valence-electron chi connectivity index (χ4n) is 2.68. The van der Waals surface area contributed by atoms with E-state index in [1.165, 1.54) is 17.7 Å². The van der Waals surface area contributed by atoms with Crippen molar-refractivity contribution in [1.29, 1.82) is 0 Å². The lowest BCUT2D eigenvalue weighted by Crippen LogP contribution is -2.31. The van der Waals surface area contributed by atoms with Crippen LogP contribution in [0.4, 0.5) is 0 Å². The van der Waals surface area contributed by atoms with Crippen LogP contribution in [0, 0.1) is 5.92 Å². The van der Waals surface area contributed by atoms with Gasteiger partial charge in [-0.2, -0.15) is 0 Å². The van der Waals surface area contributed by atoms with Gasteiger partial charge < -0.3 is 20.3 Å². The highest BCUT2D eigenvalue weighted by molar-refractivity contribution is 5.94. The van der Waals surface area contributed by atoms with Crippen LogP contribution in [0.5, 0.6) is 11.5 Å². The maximum Gasteiger partial charge on any atom is 0.342 e. The zero-order chi connectivity index (χ0) is 20.0. The van der Waals surface area contributed by atoms with E-state index in [2.05, 4.69) is 19.2 Å². The number of esters is 1. The summed E-state index contributed by atoms with van der Waals surface area (Å²) in [6.07, 6.45) is 1.00. The number of hydrogen-bond donors (Lipinski definition) is 3. The molecular weight excluding hydrogens is 346 g/mol. The first-order valence-electron chi connectivity index (χ1n) is 8.83. The van der Waals surface area contributed by atoms with Crippen molar-refractivity contribution in [2.24, 2.45) is 5.92 Å². The van der Waals surface area contributed by atoms with Crippen LogP contribution in [0.2, 0.25) is 0 Å². The molecule has 0 saturated carbocycles. The molecule has 144 valence electrons. The third-order valence-corrected chi connectivity index (χ3v) is 4.04. The van der Waals surface area contributed by atoms with Gasteiger partial charge in [-0.1, -0.05) is 38.1 Å². The number of hydrogen-bond acceptors (Lipinski definition) is 5. The smallest absolute Gasteiger partial charge is 0.342 e. The quantitative estimate of drug-likeness (QED) is 0.649. The Balaban J connectivity index is 1.86. The van der Waals surface area contributed by atoms with Gasteiger partial charge in [-0.15, -0.1) is 0 Å². The second-order valence-electron chi connectivity index (χ2n) is 6.91. The minimum atomic E-state index is -0.839. The Morgan fingerprint density at radius 3 is 2.30 bits per heavy atom. The van der Waals surface area contributed by atoms with Crippen LogP contribution in [-0.2, 0) is 16.0 Å². The van der Waals surface area contributed by atoms with Gasteiger partial charge in [0.2, 0.25) is 0 Å². The number of ether oxygens (including phenoxy) is 1. The summed E-state index contributed by atoms with van der Waals surface area (Å²) >= 11 is 0. The van der Waals surface area contributed by atoms with Crippen LogP contribution in [-0.4, -0.2) is 28.7 Å². The molecule has 0 aliphatic heterocycles. The van der Waals surface area contributed by atoms with Gasteiger partial charge in [0.05, 0.1) is 6.04 Å². The van der Waals surface area contributed by atoms with E-state index in [9.17, 15) is 19.8 Å². The molecule has 0 aliphatic rings. The molecule has 27 heavy (non-hydrogen) atoms. The molecule has 0 saturated heterocycles. The molecule has 0 spiro atoms. The van der Waals surface area contributed by atoms with Crippen molar-refractivity contribution in [1.82, 2.24) is 5.32 Å². The monoisotopic (exact) mass is 371 g/mol. The Morgan fingerprint density at radius 2 is 1.70 bits per heavy atom. The number of aromatic hydroxyl groups is 2. The molecule has 2 aromatic rings. The van der Waals surface area contributed by atoms with Crippen molar-refractivity contribution >= 4 is 11.9 Å². The third kappa shape index (κ3) is 6.02. The van der Waals surface area contributed by atoms with E-state index in [1.807, 2.05) is 31.2 Å². The van der Waals surface area contributed by atoms with E-state index in [-0.39, 0.29) is 17.4 Å². The second kappa shape index (κ2) is 9.07. The SMILES string of the molecule is CC(C)Cc1ccc([C@H](C)NC(=O)COC(=O)c2ccc(O)cc2O)cc1. The molecule has 1 amide bonds. The number of amides is 1. The highest BCUT2D eigenvalue weighted by atomic mass is 16.5. The number of carbonyl (C=O) groups excluding carboxylic acids is 2. The first kappa shape index (κ1) is 20.3. The number of carbonyl (C=O) groups is 2. The van der Waals surface area contributed by atoms with Gasteiger partial charge in [0, 0.05) is 6.07 Å². The molecule has 2 aromatic carbocycles. The van der Waals surface area contributed by atoms with Gasteiger partial charge >= 0.3 is 5.97 Å². The van der Waals surface area contributed by atoms with Crippen LogP contribution in [0.25, 0.3) is 0 Å². The summed E-state index contributed by atoms with van der Waals surface area (Å²) < 4.78 is 4.92. The number of benzene rings is 2. The molecular formula is C21H25NO5. The molecule has 0 fully saturated rings. The highest BCUT2D eigenvalue weighted by Gasteiger charge is 2.16. The van der Waals surface area contributed by atoms with Crippen molar-refractivity contribution in [2.45, 2.75) is 33.2 Å². The summed E-state index contributed by atoms with van der Waals surface area (Å²) in [6, 6.07) is 11.3. The summed E-state index contributed by atoms with van der Waals surface area (Å²) in [7, 11) is 0. The Hall–Kier alpha value is -3.02. The molecule has 0 bridgehead atoms. The van der Waals surface area contributed by atoms with Crippen molar-refractivity contribution in [3.63, 3.8) is 0 Å². The maximum absolute atomic E-state index is 12.0. The average Bonchev–Trinajstić information content (AvgIpc) is 2.59. The van der Waals surface area contributed by atoms with Crippen LogP contribution < -0.4 is 5.32 Å². The molecule has 2 rings (SSSR count). The molecule has 0 aliphatic carbocycles. The van der Waals surface area contributed by atoms with E-state index < -0.39 is 24.2 Å². The molecule has 1 atom stereocenters. The number of rotatable bonds is 7. The van der Waals surface area contributed by atoms with Crippen molar-refractivity contribution in [3.8, 4) is 11.5 Å². The zero-order valence-corrected chi connectivity index (χ0v) is 15.7. The number of phenolic OH excluding ortho intramolecular Hbond substituents is 2. The van der Waals surface area contributed by atoms with E-state index in [1.54, 1.807) is 0 Å². The Kier molecular flexibility index (Phi) is 6.82. The maximum atomic E-state index is 12.0. The Morgan fingerprint density at radius 1 is 1.04 bits per heavy atom. The predicted octanol–water partition coefficient (Wildman–Crippen LogP) is 3.33. The van der Waals surface area contributed by atoms with Crippen LogP contribution in [0.3, 0.4) is 0 Å². The lowest BCUT2D eigenvalue weighted by Gasteiger charge is -2.15. The van der Waals surface area contributed by atoms with Gasteiger partial charge in [0.15, 0.2) is 6.61 Å². The Labute approximate surface area is 158 Å². The largest absolute Gasteiger partial charge is 0.508 e. The van der Waals surface area contributed by atoms with Crippen LogP contribution in [0.1, 0.15) is 48.3 Å². The second-order valence-corrected chi connectivity index (χ2v) is 6.91.